The van der Waals surface area contributed by atoms with Crippen LogP contribution in [0.3, 0.4) is 0 Å². The second-order valence-corrected chi connectivity index (χ2v) is 4.91. The molecular formula is C15H12ClN3O. The summed E-state index contributed by atoms with van der Waals surface area (Å²) in [6.07, 6.45) is 0. The first kappa shape index (κ1) is 12.7. The summed E-state index contributed by atoms with van der Waals surface area (Å²) in [4.78, 5) is 4.40. The van der Waals surface area contributed by atoms with E-state index >= 15 is 0 Å². The number of hydrogen-bond donors (Lipinski definition) is 1. The summed E-state index contributed by atoms with van der Waals surface area (Å²) in [7, 11) is 0. The predicted octanol–water partition coefficient (Wildman–Crippen LogP) is 3.95. The van der Waals surface area contributed by atoms with E-state index in [0.717, 1.165) is 16.7 Å². The molecule has 0 aliphatic heterocycles. The van der Waals surface area contributed by atoms with Gasteiger partial charge in [-0.1, -0.05) is 28.9 Å². The molecule has 1 heterocycles. The summed E-state index contributed by atoms with van der Waals surface area (Å²) in [6.45, 7) is 1.96. The fourth-order valence-electron chi connectivity index (χ4n) is 2.02. The van der Waals surface area contributed by atoms with E-state index in [4.69, 9.17) is 21.9 Å². The highest BCUT2D eigenvalue weighted by molar-refractivity contribution is 6.30. The van der Waals surface area contributed by atoms with E-state index in [1.165, 1.54) is 0 Å². The van der Waals surface area contributed by atoms with Crippen molar-refractivity contribution in [2.45, 2.75) is 6.92 Å². The molecule has 100 valence electrons. The number of halogens is 1. The van der Waals surface area contributed by atoms with Gasteiger partial charge in [0.2, 0.25) is 5.82 Å². The Balaban J connectivity index is 2.04. The van der Waals surface area contributed by atoms with Crippen molar-refractivity contribution in [2.24, 2.45) is 0 Å². The van der Waals surface area contributed by atoms with Crippen molar-refractivity contribution in [3.8, 4) is 22.8 Å². The van der Waals surface area contributed by atoms with Crippen molar-refractivity contribution in [1.82, 2.24) is 10.1 Å². The number of nitrogens with zero attached hydrogens (tertiary/aromatic N) is 2. The van der Waals surface area contributed by atoms with Crippen LogP contribution >= 0.6 is 11.6 Å². The maximum Gasteiger partial charge on any atom is 0.260 e. The van der Waals surface area contributed by atoms with Crippen molar-refractivity contribution < 1.29 is 4.52 Å². The summed E-state index contributed by atoms with van der Waals surface area (Å²) in [5.41, 5.74) is 9.22. The number of rotatable bonds is 2. The summed E-state index contributed by atoms with van der Waals surface area (Å²) in [5.74, 6) is 0.935. The third kappa shape index (κ3) is 2.26. The van der Waals surface area contributed by atoms with E-state index in [2.05, 4.69) is 10.1 Å². The first-order valence-electron chi connectivity index (χ1n) is 6.10. The lowest BCUT2D eigenvalue weighted by atomic mass is 10.1. The summed E-state index contributed by atoms with van der Waals surface area (Å²) in [6, 6.07) is 12.9. The molecule has 0 unspecified atom stereocenters. The summed E-state index contributed by atoms with van der Waals surface area (Å²) < 4.78 is 5.32. The van der Waals surface area contributed by atoms with Crippen LogP contribution in [0.5, 0.6) is 0 Å². The van der Waals surface area contributed by atoms with Crippen LogP contribution in [0, 0.1) is 6.92 Å². The smallest absolute Gasteiger partial charge is 0.260 e. The molecule has 0 saturated heterocycles. The van der Waals surface area contributed by atoms with Gasteiger partial charge in [0, 0.05) is 16.3 Å². The van der Waals surface area contributed by atoms with Gasteiger partial charge in [-0.05, 0) is 42.8 Å². The quantitative estimate of drug-likeness (QED) is 0.724. The molecule has 0 spiro atoms. The zero-order valence-corrected chi connectivity index (χ0v) is 11.6. The van der Waals surface area contributed by atoms with Gasteiger partial charge in [0.1, 0.15) is 0 Å². The SMILES string of the molecule is Cc1cccc(N)c1-c1nc(-c2ccc(Cl)cc2)no1. The molecule has 5 heteroatoms. The molecule has 0 radical (unpaired) electrons. The lowest BCUT2D eigenvalue weighted by Gasteiger charge is -2.03. The number of nitrogens with two attached hydrogens (primary N) is 1. The highest BCUT2D eigenvalue weighted by Gasteiger charge is 2.14. The van der Waals surface area contributed by atoms with Gasteiger partial charge in [0.25, 0.3) is 5.89 Å². The molecule has 0 saturated carbocycles. The van der Waals surface area contributed by atoms with Gasteiger partial charge in [0.05, 0.1) is 5.56 Å². The minimum absolute atomic E-state index is 0.422. The highest BCUT2D eigenvalue weighted by Crippen LogP contribution is 2.29. The molecule has 2 aromatic carbocycles. The average molecular weight is 286 g/mol. The zero-order valence-electron chi connectivity index (χ0n) is 10.8. The van der Waals surface area contributed by atoms with Gasteiger partial charge in [-0.3, -0.25) is 0 Å². The molecule has 2 N–H and O–H groups in total. The van der Waals surface area contributed by atoms with Gasteiger partial charge in [0.15, 0.2) is 0 Å². The molecular weight excluding hydrogens is 274 g/mol. The van der Waals surface area contributed by atoms with Crippen LogP contribution in [-0.4, -0.2) is 10.1 Å². The van der Waals surface area contributed by atoms with E-state index in [0.29, 0.717) is 22.4 Å². The Morgan fingerprint density at radius 1 is 1.10 bits per heavy atom. The second-order valence-electron chi connectivity index (χ2n) is 4.47. The molecule has 4 nitrogen and oxygen atoms in total. The monoisotopic (exact) mass is 285 g/mol. The lowest BCUT2D eigenvalue weighted by molar-refractivity contribution is 0.432. The van der Waals surface area contributed by atoms with Gasteiger partial charge in [-0.2, -0.15) is 4.98 Å². The topological polar surface area (TPSA) is 64.9 Å². The first-order chi connectivity index (χ1) is 9.65. The second kappa shape index (κ2) is 4.98. The van der Waals surface area contributed by atoms with Crippen molar-refractivity contribution in [2.75, 3.05) is 5.73 Å². The number of benzene rings is 2. The Morgan fingerprint density at radius 2 is 1.85 bits per heavy atom. The normalized spacial score (nSPS) is 10.7. The molecule has 3 rings (SSSR count). The first-order valence-corrected chi connectivity index (χ1v) is 6.48. The standard InChI is InChI=1S/C15H12ClN3O/c1-9-3-2-4-12(17)13(9)15-18-14(19-20-15)10-5-7-11(16)8-6-10/h2-8H,17H2,1H3. The third-order valence-corrected chi connectivity index (χ3v) is 3.30. The Labute approximate surface area is 121 Å². The highest BCUT2D eigenvalue weighted by atomic mass is 35.5. The van der Waals surface area contributed by atoms with Crippen LogP contribution in [0.1, 0.15) is 5.56 Å². The molecule has 0 amide bonds. The Hall–Kier alpha value is -2.33. The van der Waals surface area contributed by atoms with E-state index < -0.39 is 0 Å². The van der Waals surface area contributed by atoms with Gasteiger partial charge < -0.3 is 10.3 Å². The molecule has 0 atom stereocenters. The number of nitrogen functional groups attached to an aromatic ring is 1. The largest absolute Gasteiger partial charge is 0.398 e. The molecule has 0 aliphatic rings. The summed E-state index contributed by atoms with van der Waals surface area (Å²) >= 11 is 5.86. The average Bonchev–Trinajstić information content (AvgIpc) is 2.89. The zero-order chi connectivity index (χ0) is 14.1. The van der Waals surface area contributed by atoms with E-state index in [1.807, 2.05) is 37.3 Å². The predicted molar refractivity (Wildman–Crippen MR) is 79.3 cm³/mol. The minimum Gasteiger partial charge on any atom is -0.398 e. The fourth-order valence-corrected chi connectivity index (χ4v) is 2.15. The third-order valence-electron chi connectivity index (χ3n) is 3.05. The van der Waals surface area contributed by atoms with Crippen molar-refractivity contribution in [1.29, 1.82) is 0 Å². The van der Waals surface area contributed by atoms with Crippen molar-refractivity contribution >= 4 is 17.3 Å². The molecule has 0 fully saturated rings. The van der Waals surface area contributed by atoms with Gasteiger partial charge >= 0.3 is 0 Å². The van der Waals surface area contributed by atoms with Gasteiger partial charge in [-0.25, -0.2) is 0 Å². The van der Waals surface area contributed by atoms with Crippen LogP contribution in [0.15, 0.2) is 47.0 Å². The fraction of sp³-hybridized carbons (Fsp3) is 0.0667. The van der Waals surface area contributed by atoms with E-state index in [9.17, 15) is 0 Å². The van der Waals surface area contributed by atoms with Crippen molar-refractivity contribution in [3.05, 3.63) is 53.1 Å². The molecule has 0 bridgehead atoms. The van der Waals surface area contributed by atoms with E-state index in [1.54, 1.807) is 12.1 Å². The van der Waals surface area contributed by atoms with Crippen molar-refractivity contribution in [3.63, 3.8) is 0 Å². The van der Waals surface area contributed by atoms with E-state index in [-0.39, 0.29) is 0 Å². The number of hydrogen-bond acceptors (Lipinski definition) is 4. The Bertz CT molecular complexity index is 730. The van der Waals surface area contributed by atoms with Crippen LogP contribution in [0.25, 0.3) is 22.8 Å². The number of anilines is 1. The molecule has 20 heavy (non-hydrogen) atoms. The number of aromatic nitrogens is 2. The number of aryl methyl sites for hydroxylation is 1. The van der Waals surface area contributed by atoms with Crippen LogP contribution in [0.2, 0.25) is 5.02 Å². The molecule has 1 aromatic heterocycles. The molecule has 0 aliphatic carbocycles. The van der Waals surface area contributed by atoms with Crippen LogP contribution < -0.4 is 5.73 Å². The maximum atomic E-state index is 5.98. The summed E-state index contributed by atoms with van der Waals surface area (Å²) in [5, 5.41) is 4.66. The Morgan fingerprint density at radius 3 is 2.55 bits per heavy atom. The lowest BCUT2D eigenvalue weighted by Crippen LogP contribution is -1.92. The molecule has 3 aromatic rings. The van der Waals surface area contributed by atoms with Crippen LogP contribution in [0.4, 0.5) is 5.69 Å². The van der Waals surface area contributed by atoms with Crippen LogP contribution in [-0.2, 0) is 0 Å². The maximum absolute atomic E-state index is 5.98. The Kier molecular flexibility index (Phi) is 3.16. The minimum atomic E-state index is 0.422. The van der Waals surface area contributed by atoms with Gasteiger partial charge in [-0.15, -0.1) is 0 Å².